The number of benzene rings is 1. The van der Waals surface area contributed by atoms with Gasteiger partial charge in [0.1, 0.15) is 6.04 Å². The molecule has 0 spiro atoms. The molecule has 0 bridgehead atoms. The lowest BCUT2D eigenvalue weighted by molar-refractivity contribution is -0.148. The average molecular weight is 519 g/mol. The summed E-state index contributed by atoms with van der Waals surface area (Å²) < 4.78 is 17.0. The van der Waals surface area contributed by atoms with E-state index in [0.29, 0.717) is 23.7 Å². The SMILES string of the molecule is CCOc1cc(/C=C2/SC(=O)N([C@@H](C)C(=O)OC)C2=O)cc(I)c1OC(C)C. The number of hydrogen-bond donors (Lipinski definition) is 0. The van der Waals surface area contributed by atoms with Crippen molar-refractivity contribution >= 4 is 57.5 Å². The Morgan fingerprint density at radius 2 is 1.96 bits per heavy atom. The van der Waals surface area contributed by atoms with Gasteiger partial charge in [0, 0.05) is 0 Å². The van der Waals surface area contributed by atoms with Crippen LogP contribution in [0.4, 0.5) is 4.79 Å². The van der Waals surface area contributed by atoms with Gasteiger partial charge >= 0.3 is 5.97 Å². The first-order chi connectivity index (χ1) is 13.2. The minimum Gasteiger partial charge on any atom is -0.490 e. The zero-order chi connectivity index (χ0) is 21.0. The fraction of sp³-hybridized carbons (Fsp3) is 0.421. The van der Waals surface area contributed by atoms with Gasteiger partial charge in [-0.3, -0.25) is 14.5 Å². The van der Waals surface area contributed by atoms with Gasteiger partial charge < -0.3 is 14.2 Å². The number of nitrogens with zero attached hydrogens (tertiary/aromatic N) is 1. The van der Waals surface area contributed by atoms with Crippen LogP contribution < -0.4 is 9.47 Å². The van der Waals surface area contributed by atoms with Crippen molar-refractivity contribution in [2.75, 3.05) is 13.7 Å². The van der Waals surface area contributed by atoms with Crippen molar-refractivity contribution in [3.8, 4) is 11.5 Å². The third kappa shape index (κ3) is 4.99. The van der Waals surface area contributed by atoms with E-state index >= 15 is 0 Å². The van der Waals surface area contributed by atoms with Gasteiger partial charge in [-0.1, -0.05) is 0 Å². The van der Waals surface area contributed by atoms with Crippen LogP contribution in [0.15, 0.2) is 17.0 Å². The molecule has 9 heteroatoms. The normalized spacial score (nSPS) is 16.7. The number of carbonyl (C=O) groups is 3. The van der Waals surface area contributed by atoms with Crippen molar-refractivity contribution in [1.29, 1.82) is 0 Å². The molecule has 1 aliphatic heterocycles. The first-order valence-corrected chi connectivity index (χ1v) is 10.6. The van der Waals surface area contributed by atoms with Crippen molar-refractivity contribution in [2.45, 2.75) is 39.8 Å². The molecule has 0 N–H and O–H groups in total. The standard InChI is InChI=1S/C19H22INO6S/c1-6-26-14-8-12(7-13(20)16(14)27-10(2)3)9-15-17(22)21(19(24)28-15)11(4)18(23)25-5/h7-11H,6H2,1-5H3/b15-9+/t11-/m0/s1. The van der Waals surface area contributed by atoms with Crippen molar-refractivity contribution in [3.05, 3.63) is 26.2 Å². The van der Waals surface area contributed by atoms with Crippen molar-refractivity contribution in [2.24, 2.45) is 0 Å². The van der Waals surface area contributed by atoms with Gasteiger partial charge in [0.15, 0.2) is 11.5 Å². The fourth-order valence-corrected chi connectivity index (χ4v) is 4.19. The van der Waals surface area contributed by atoms with E-state index in [4.69, 9.17) is 9.47 Å². The first kappa shape index (κ1) is 22.5. The number of amides is 2. The van der Waals surface area contributed by atoms with Crippen LogP contribution in [0.1, 0.15) is 33.3 Å². The molecule has 0 saturated carbocycles. The summed E-state index contributed by atoms with van der Waals surface area (Å²) in [5, 5.41) is -0.506. The second kappa shape index (κ2) is 9.64. The van der Waals surface area contributed by atoms with Crippen molar-refractivity contribution < 1.29 is 28.6 Å². The van der Waals surface area contributed by atoms with E-state index < -0.39 is 23.2 Å². The molecule has 1 heterocycles. The van der Waals surface area contributed by atoms with Gasteiger partial charge in [0.2, 0.25) is 0 Å². The molecule has 0 aromatic heterocycles. The number of methoxy groups -OCH3 is 1. The van der Waals surface area contributed by atoms with Crippen LogP contribution in [0.2, 0.25) is 0 Å². The maximum Gasteiger partial charge on any atom is 0.328 e. The van der Waals surface area contributed by atoms with Gasteiger partial charge in [0.25, 0.3) is 11.1 Å². The Bertz CT molecular complexity index is 823. The Morgan fingerprint density at radius 1 is 1.29 bits per heavy atom. The van der Waals surface area contributed by atoms with Crippen LogP contribution in [0.25, 0.3) is 6.08 Å². The van der Waals surface area contributed by atoms with Crippen LogP contribution in [0.3, 0.4) is 0 Å². The Labute approximate surface area is 181 Å². The Balaban J connectivity index is 2.38. The summed E-state index contributed by atoms with van der Waals surface area (Å²) in [5.41, 5.74) is 0.695. The number of rotatable bonds is 7. The summed E-state index contributed by atoms with van der Waals surface area (Å²) in [5.74, 6) is 0.0359. The maximum absolute atomic E-state index is 12.6. The van der Waals surface area contributed by atoms with Crippen LogP contribution >= 0.6 is 34.4 Å². The van der Waals surface area contributed by atoms with Crippen LogP contribution in [0, 0.1) is 3.57 Å². The summed E-state index contributed by atoms with van der Waals surface area (Å²) >= 11 is 2.93. The van der Waals surface area contributed by atoms with E-state index in [9.17, 15) is 14.4 Å². The molecule has 1 aliphatic rings. The smallest absolute Gasteiger partial charge is 0.328 e. The number of carbonyl (C=O) groups excluding carboxylic acids is 3. The Hall–Kier alpha value is -1.75. The molecule has 1 fully saturated rings. The summed E-state index contributed by atoms with van der Waals surface area (Å²) in [6, 6.07) is 2.63. The number of hydrogen-bond acceptors (Lipinski definition) is 7. The zero-order valence-corrected chi connectivity index (χ0v) is 19.3. The van der Waals surface area contributed by atoms with Crippen LogP contribution in [-0.4, -0.2) is 47.9 Å². The topological polar surface area (TPSA) is 82.1 Å². The molecule has 152 valence electrons. The maximum atomic E-state index is 12.6. The molecule has 1 saturated heterocycles. The van der Waals surface area contributed by atoms with Gasteiger partial charge in [-0.15, -0.1) is 0 Å². The third-order valence-electron chi connectivity index (χ3n) is 3.74. The summed E-state index contributed by atoms with van der Waals surface area (Å²) in [6.45, 7) is 7.65. The third-order valence-corrected chi connectivity index (χ3v) is 5.42. The molecule has 2 rings (SSSR count). The van der Waals surface area contributed by atoms with E-state index in [0.717, 1.165) is 20.2 Å². The molecule has 1 atom stereocenters. The average Bonchev–Trinajstić information content (AvgIpc) is 2.90. The number of imide groups is 1. The van der Waals surface area contributed by atoms with Crippen LogP contribution in [-0.2, 0) is 14.3 Å². The highest BCUT2D eigenvalue weighted by Crippen LogP contribution is 2.38. The molecular weight excluding hydrogens is 497 g/mol. The lowest BCUT2D eigenvalue weighted by Crippen LogP contribution is -2.42. The second-order valence-corrected chi connectivity index (χ2v) is 8.34. The van der Waals surface area contributed by atoms with Gasteiger partial charge in [-0.05, 0) is 85.8 Å². The molecule has 1 aromatic rings. The quantitative estimate of drug-likeness (QED) is 0.305. The molecule has 0 aliphatic carbocycles. The van der Waals surface area contributed by atoms with Crippen LogP contribution in [0.5, 0.6) is 11.5 Å². The lowest BCUT2D eigenvalue weighted by Gasteiger charge is -2.18. The van der Waals surface area contributed by atoms with E-state index in [2.05, 4.69) is 27.3 Å². The monoisotopic (exact) mass is 519 g/mol. The number of ether oxygens (including phenoxy) is 3. The molecule has 0 unspecified atom stereocenters. The molecule has 1 aromatic carbocycles. The number of halogens is 1. The summed E-state index contributed by atoms with van der Waals surface area (Å²) in [4.78, 5) is 37.7. The highest BCUT2D eigenvalue weighted by molar-refractivity contribution is 14.1. The van der Waals surface area contributed by atoms with Crippen molar-refractivity contribution in [3.63, 3.8) is 0 Å². The molecule has 7 nitrogen and oxygen atoms in total. The van der Waals surface area contributed by atoms with E-state index in [-0.39, 0.29) is 11.0 Å². The number of thioether (sulfide) groups is 1. The predicted octanol–water partition coefficient (Wildman–Crippen LogP) is 4.07. The minimum atomic E-state index is -0.982. The molecular formula is C19H22INO6S. The predicted molar refractivity (Wildman–Crippen MR) is 115 cm³/mol. The van der Waals surface area contributed by atoms with E-state index in [1.165, 1.54) is 14.0 Å². The van der Waals surface area contributed by atoms with Gasteiger partial charge in [0.05, 0.1) is 28.3 Å². The lowest BCUT2D eigenvalue weighted by atomic mass is 10.1. The van der Waals surface area contributed by atoms with E-state index in [1.54, 1.807) is 12.1 Å². The molecule has 28 heavy (non-hydrogen) atoms. The van der Waals surface area contributed by atoms with E-state index in [1.807, 2.05) is 26.8 Å². The Morgan fingerprint density at radius 3 is 2.54 bits per heavy atom. The summed E-state index contributed by atoms with van der Waals surface area (Å²) in [7, 11) is 1.21. The summed E-state index contributed by atoms with van der Waals surface area (Å²) in [6.07, 6.45) is 1.59. The fourth-order valence-electron chi connectivity index (χ4n) is 2.53. The highest BCUT2D eigenvalue weighted by atomic mass is 127. The van der Waals surface area contributed by atoms with Crippen molar-refractivity contribution in [1.82, 2.24) is 4.90 Å². The first-order valence-electron chi connectivity index (χ1n) is 8.67. The molecule has 0 radical (unpaired) electrons. The highest BCUT2D eigenvalue weighted by Gasteiger charge is 2.41. The Kier molecular flexibility index (Phi) is 7.76. The van der Waals surface area contributed by atoms with Gasteiger partial charge in [-0.25, -0.2) is 4.79 Å². The largest absolute Gasteiger partial charge is 0.490 e. The zero-order valence-electron chi connectivity index (χ0n) is 16.3. The minimum absolute atomic E-state index is 0.0186. The second-order valence-electron chi connectivity index (χ2n) is 6.18. The van der Waals surface area contributed by atoms with Gasteiger partial charge in [-0.2, -0.15) is 0 Å². The molecule has 2 amide bonds. The number of esters is 1.